The molecule has 0 aliphatic carbocycles. The van der Waals surface area contributed by atoms with Crippen molar-refractivity contribution in [2.24, 2.45) is 0 Å². The van der Waals surface area contributed by atoms with Crippen molar-refractivity contribution in [1.82, 2.24) is 4.90 Å². The monoisotopic (exact) mass is 338 g/mol. The van der Waals surface area contributed by atoms with Crippen LogP contribution in [-0.4, -0.2) is 29.8 Å². The fourth-order valence-electron chi connectivity index (χ4n) is 2.78. The molecule has 25 heavy (non-hydrogen) atoms. The second-order valence-electron chi connectivity index (χ2n) is 6.09. The summed E-state index contributed by atoms with van der Waals surface area (Å²) in [5.74, 6) is -0.234. The molecule has 0 saturated carbocycles. The maximum Gasteiger partial charge on any atom is 0.244 e. The van der Waals surface area contributed by atoms with Gasteiger partial charge in [-0.2, -0.15) is 0 Å². The van der Waals surface area contributed by atoms with Crippen LogP contribution in [0.15, 0.2) is 54.6 Å². The van der Waals surface area contributed by atoms with E-state index in [1.807, 2.05) is 42.5 Å². The van der Waals surface area contributed by atoms with Crippen LogP contribution in [0.3, 0.4) is 0 Å². The third-order valence-electron chi connectivity index (χ3n) is 4.19. The summed E-state index contributed by atoms with van der Waals surface area (Å²) in [6, 6.07) is 17.9. The van der Waals surface area contributed by atoms with Crippen LogP contribution in [0.2, 0.25) is 0 Å². The standard InChI is InChI=1S/C21H26N2O2/c1-3-19-13-7-8-14-20(19)22-21(25)16-23(17(2)24)15-9-12-18-10-5-4-6-11-18/h4-8,10-11,13-14H,3,9,12,15-16H2,1-2H3,(H,22,25). The van der Waals surface area contributed by atoms with Crippen molar-refractivity contribution in [3.05, 3.63) is 65.7 Å². The Bertz CT molecular complexity index is 698. The Hall–Kier alpha value is -2.62. The first-order valence-electron chi connectivity index (χ1n) is 8.77. The molecule has 0 radical (unpaired) electrons. The van der Waals surface area contributed by atoms with E-state index in [-0.39, 0.29) is 18.4 Å². The zero-order valence-corrected chi connectivity index (χ0v) is 15.0. The lowest BCUT2D eigenvalue weighted by atomic mass is 10.1. The Balaban J connectivity index is 1.87. The zero-order chi connectivity index (χ0) is 18.1. The first kappa shape index (κ1) is 18.7. The highest BCUT2D eigenvalue weighted by molar-refractivity contribution is 5.94. The van der Waals surface area contributed by atoms with Crippen molar-refractivity contribution in [2.45, 2.75) is 33.1 Å². The minimum Gasteiger partial charge on any atom is -0.334 e. The summed E-state index contributed by atoms with van der Waals surface area (Å²) < 4.78 is 0. The van der Waals surface area contributed by atoms with E-state index in [0.717, 1.165) is 30.5 Å². The average molecular weight is 338 g/mol. The Morgan fingerprint density at radius 2 is 1.68 bits per heavy atom. The van der Waals surface area contributed by atoms with E-state index in [2.05, 4.69) is 24.4 Å². The van der Waals surface area contributed by atoms with E-state index in [1.54, 1.807) is 4.90 Å². The van der Waals surface area contributed by atoms with Gasteiger partial charge in [-0.1, -0.05) is 55.5 Å². The van der Waals surface area contributed by atoms with Gasteiger partial charge in [0.15, 0.2) is 0 Å². The van der Waals surface area contributed by atoms with Crippen LogP contribution in [0.5, 0.6) is 0 Å². The molecule has 2 aromatic rings. The molecule has 0 saturated heterocycles. The molecule has 0 heterocycles. The van der Waals surface area contributed by atoms with Crippen LogP contribution in [0.1, 0.15) is 31.4 Å². The van der Waals surface area contributed by atoms with Gasteiger partial charge in [-0.25, -0.2) is 0 Å². The number of aryl methyl sites for hydroxylation is 2. The maximum absolute atomic E-state index is 12.3. The van der Waals surface area contributed by atoms with E-state index < -0.39 is 0 Å². The number of hydrogen-bond acceptors (Lipinski definition) is 2. The largest absolute Gasteiger partial charge is 0.334 e. The molecular formula is C21H26N2O2. The van der Waals surface area contributed by atoms with E-state index in [4.69, 9.17) is 0 Å². The summed E-state index contributed by atoms with van der Waals surface area (Å²) in [7, 11) is 0. The smallest absolute Gasteiger partial charge is 0.244 e. The summed E-state index contributed by atoms with van der Waals surface area (Å²) in [6.07, 6.45) is 2.58. The third kappa shape index (κ3) is 6.07. The Morgan fingerprint density at radius 3 is 2.36 bits per heavy atom. The molecule has 0 fully saturated rings. The molecule has 2 rings (SSSR count). The summed E-state index contributed by atoms with van der Waals surface area (Å²) >= 11 is 0. The normalized spacial score (nSPS) is 10.3. The highest BCUT2D eigenvalue weighted by Crippen LogP contribution is 2.15. The van der Waals surface area contributed by atoms with Crippen molar-refractivity contribution in [3.8, 4) is 0 Å². The molecule has 132 valence electrons. The molecule has 2 amide bonds. The topological polar surface area (TPSA) is 49.4 Å². The predicted octanol–water partition coefficient (Wildman–Crippen LogP) is 3.67. The number of amides is 2. The van der Waals surface area contributed by atoms with E-state index in [1.165, 1.54) is 12.5 Å². The number of hydrogen-bond donors (Lipinski definition) is 1. The Kier molecular flexibility index (Phi) is 7.20. The first-order valence-corrected chi connectivity index (χ1v) is 8.77. The third-order valence-corrected chi connectivity index (χ3v) is 4.19. The summed E-state index contributed by atoms with van der Waals surface area (Å²) in [4.78, 5) is 25.8. The molecule has 0 spiro atoms. The second kappa shape index (κ2) is 9.62. The maximum atomic E-state index is 12.3. The van der Waals surface area contributed by atoms with Crippen molar-refractivity contribution < 1.29 is 9.59 Å². The van der Waals surface area contributed by atoms with Crippen LogP contribution in [0.4, 0.5) is 5.69 Å². The number of benzene rings is 2. The van der Waals surface area contributed by atoms with Gasteiger partial charge in [0.05, 0.1) is 6.54 Å². The molecule has 2 aromatic carbocycles. The molecular weight excluding hydrogens is 312 g/mol. The number of para-hydroxylation sites is 1. The number of nitrogens with zero attached hydrogens (tertiary/aromatic N) is 1. The van der Waals surface area contributed by atoms with E-state index >= 15 is 0 Å². The summed E-state index contributed by atoms with van der Waals surface area (Å²) in [6.45, 7) is 4.22. The summed E-state index contributed by atoms with van der Waals surface area (Å²) in [5, 5.41) is 2.92. The average Bonchev–Trinajstić information content (AvgIpc) is 2.62. The second-order valence-corrected chi connectivity index (χ2v) is 6.09. The first-order chi connectivity index (χ1) is 12.1. The van der Waals surface area contributed by atoms with Gasteiger partial charge >= 0.3 is 0 Å². The lowest BCUT2D eigenvalue weighted by molar-refractivity contribution is -0.132. The van der Waals surface area contributed by atoms with Gasteiger partial charge in [0.2, 0.25) is 11.8 Å². The SMILES string of the molecule is CCc1ccccc1NC(=O)CN(CCCc1ccccc1)C(C)=O. The number of nitrogens with one attached hydrogen (secondary N) is 1. The molecule has 0 aliphatic rings. The molecule has 1 N–H and O–H groups in total. The van der Waals surface area contributed by atoms with Crippen molar-refractivity contribution >= 4 is 17.5 Å². The van der Waals surface area contributed by atoms with Gasteiger partial charge in [-0.15, -0.1) is 0 Å². The molecule has 0 atom stereocenters. The van der Waals surface area contributed by atoms with Crippen LogP contribution in [0.25, 0.3) is 0 Å². The van der Waals surface area contributed by atoms with Gasteiger partial charge < -0.3 is 10.2 Å². The number of carbonyl (C=O) groups is 2. The number of carbonyl (C=O) groups excluding carboxylic acids is 2. The fourth-order valence-corrected chi connectivity index (χ4v) is 2.78. The molecule has 4 heteroatoms. The fraction of sp³-hybridized carbons (Fsp3) is 0.333. The zero-order valence-electron chi connectivity index (χ0n) is 15.0. The Morgan fingerprint density at radius 1 is 1.00 bits per heavy atom. The summed E-state index contributed by atoms with van der Waals surface area (Å²) in [5.41, 5.74) is 3.16. The minimum atomic E-state index is -0.157. The van der Waals surface area contributed by atoms with Gasteiger partial charge in [0.25, 0.3) is 0 Å². The van der Waals surface area contributed by atoms with Crippen molar-refractivity contribution in [1.29, 1.82) is 0 Å². The number of anilines is 1. The highest BCUT2D eigenvalue weighted by Gasteiger charge is 2.14. The highest BCUT2D eigenvalue weighted by atomic mass is 16.2. The van der Waals surface area contributed by atoms with Crippen LogP contribution in [0, 0.1) is 0 Å². The molecule has 0 bridgehead atoms. The molecule has 0 aliphatic heterocycles. The van der Waals surface area contributed by atoms with Crippen LogP contribution in [-0.2, 0) is 22.4 Å². The van der Waals surface area contributed by atoms with Gasteiger partial charge in [0.1, 0.15) is 0 Å². The van der Waals surface area contributed by atoms with E-state index in [0.29, 0.717) is 6.54 Å². The van der Waals surface area contributed by atoms with E-state index in [9.17, 15) is 9.59 Å². The lowest BCUT2D eigenvalue weighted by Gasteiger charge is -2.21. The van der Waals surface area contributed by atoms with Gasteiger partial charge in [0, 0.05) is 19.2 Å². The minimum absolute atomic E-state index is 0.0769. The molecule has 0 unspecified atom stereocenters. The van der Waals surface area contributed by atoms with Crippen LogP contribution < -0.4 is 5.32 Å². The Labute approximate surface area is 149 Å². The van der Waals surface area contributed by atoms with Crippen molar-refractivity contribution in [3.63, 3.8) is 0 Å². The predicted molar refractivity (Wildman–Crippen MR) is 101 cm³/mol. The van der Waals surface area contributed by atoms with Crippen molar-refractivity contribution in [2.75, 3.05) is 18.4 Å². The molecule has 0 aromatic heterocycles. The van der Waals surface area contributed by atoms with Gasteiger partial charge in [-0.3, -0.25) is 9.59 Å². The number of rotatable bonds is 8. The molecule has 4 nitrogen and oxygen atoms in total. The van der Waals surface area contributed by atoms with Gasteiger partial charge in [-0.05, 0) is 36.5 Å². The quantitative estimate of drug-likeness (QED) is 0.798. The lowest BCUT2D eigenvalue weighted by Crippen LogP contribution is -2.37. The van der Waals surface area contributed by atoms with Crippen LogP contribution >= 0.6 is 0 Å².